The van der Waals surface area contributed by atoms with Gasteiger partial charge in [0.15, 0.2) is 6.61 Å². The molecule has 2 aromatic carbocycles. The summed E-state index contributed by atoms with van der Waals surface area (Å²) in [5, 5.41) is 7.25. The molecule has 0 unspecified atom stereocenters. The fourth-order valence-electron chi connectivity index (χ4n) is 3.21. The van der Waals surface area contributed by atoms with Crippen LogP contribution in [0.1, 0.15) is 23.8 Å². The SMILES string of the molecule is C[C@H]1CCN(C(=O)COC(=O)c2cc(-c3ccccc3)n[nH]2)c2ccccc2S1. The minimum Gasteiger partial charge on any atom is -0.451 e. The molecule has 1 N–H and O–H groups in total. The van der Waals surface area contributed by atoms with Crippen LogP contribution in [0.25, 0.3) is 11.3 Å². The number of aromatic nitrogens is 2. The second kappa shape index (κ2) is 8.53. The lowest BCUT2D eigenvalue weighted by Crippen LogP contribution is -2.35. The molecule has 1 aliphatic rings. The Bertz CT molecular complexity index is 1020. The van der Waals surface area contributed by atoms with Crippen LogP contribution in [0.2, 0.25) is 0 Å². The van der Waals surface area contributed by atoms with Crippen molar-refractivity contribution < 1.29 is 14.3 Å². The van der Waals surface area contributed by atoms with Crippen molar-refractivity contribution in [3.63, 3.8) is 0 Å². The van der Waals surface area contributed by atoms with Crippen LogP contribution in [0.3, 0.4) is 0 Å². The van der Waals surface area contributed by atoms with Gasteiger partial charge in [0.25, 0.3) is 5.91 Å². The summed E-state index contributed by atoms with van der Waals surface area (Å²) >= 11 is 1.76. The van der Waals surface area contributed by atoms with Crippen molar-refractivity contribution in [1.82, 2.24) is 10.2 Å². The lowest BCUT2D eigenvalue weighted by molar-refractivity contribution is -0.121. The van der Waals surface area contributed by atoms with E-state index in [0.29, 0.717) is 17.5 Å². The number of ether oxygens (including phenoxy) is 1. The molecule has 0 fully saturated rings. The molecule has 4 rings (SSSR count). The van der Waals surface area contributed by atoms with Crippen LogP contribution >= 0.6 is 11.8 Å². The van der Waals surface area contributed by atoms with Crippen LogP contribution in [0, 0.1) is 0 Å². The summed E-state index contributed by atoms with van der Waals surface area (Å²) in [5.74, 6) is -0.831. The first-order chi connectivity index (χ1) is 14.1. The molecule has 0 aliphatic carbocycles. The van der Waals surface area contributed by atoms with E-state index < -0.39 is 5.97 Å². The predicted octanol–water partition coefficient (Wildman–Crippen LogP) is 4.15. The Labute approximate surface area is 173 Å². The van der Waals surface area contributed by atoms with Crippen molar-refractivity contribution in [1.29, 1.82) is 0 Å². The third-order valence-electron chi connectivity index (χ3n) is 4.74. The Hall–Kier alpha value is -3.06. The van der Waals surface area contributed by atoms with Crippen LogP contribution in [0.5, 0.6) is 0 Å². The first-order valence-corrected chi connectivity index (χ1v) is 10.3. The number of thioether (sulfide) groups is 1. The lowest BCUT2D eigenvalue weighted by Gasteiger charge is -2.22. The standard InChI is InChI=1S/C22H21N3O3S/c1-15-11-12-25(19-9-5-6-10-20(19)29-15)21(26)14-28-22(27)18-13-17(23-24-18)16-7-3-2-4-8-16/h2-10,13,15H,11-12,14H2,1H3,(H,23,24)/t15-/m0/s1. The molecule has 0 spiro atoms. The van der Waals surface area contributed by atoms with E-state index in [1.165, 1.54) is 0 Å². The molecule has 1 aliphatic heterocycles. The number of carbonyl (C=O) groups excluding carboxylic acids is 2. The van der Waals surface area contributed by atoms with Gasteiger partial charge >= 0.3 is 5.97 Å². The molecule has 2 heterocycles. The third kappa shape index (κ3) is 4.35. The zero-order valence-corrected chi connectivity index (χ0v) is 16.8. The number of aromatic amines is 1. The van der Waals surface area contributed by atoms with Gasteiger partial charge in [-0.05, 0) is 24.6 Å². The number of amides is 1. The minimum absolute atomic E-state index is 0.220. The Morgan fingerprint density at radius 2 is 1.93 bits per heavy atom. The first kappa shape index (κ1) is 19.3. The normalized spacial score (nSPS) is 16.0. The molecule has 1 atom stereocenters. The molecule has 1 aromatic heterocycles. The fraction of sp³-hybridized carbons (Fsp3) is 0.227. The average Bonchev–Trinajstić information content (AvgIpc) is 3.17. The highest BCUT2D eigenvalue weighted by atomic mass is 32.2. The summed E-state index contributed by atoms with van der Waals surface area (Å²) in [7, 11) is 0. The molecule has 1 amide bonds. The molecular weight excluding hydrogens is 386 g/mol. The van der Waals surface area contributed by atoms with Gasteiger partial charge in [-0.2, -0.15) is 5.10 Å². The fourth-order valence-corrected chi connectivity index (χ4v) is 4.32. The number of rotatable bonds is 4. The second-order valence-corrected chi connectivity index (χ2v) is 8.32. The summed E-state index contributed by atoms with van der Waals surface area (Å²) in [5.41, 5.74) is 2.64. The van der Waals surface area contributed by atoms with Gasteiger partial charge in [-0.15, -0.1) is 11.8 Å². The molecule has 3 aromatic rings. The van der Waals surface area contributed by atoms with Crippen LogP contribution in [-0.2, 0) is 9.53 Å². The summed E-state index contributed by atoms with van der Waals surface area (Å²) in [4.78, 5) is 27.9. The molecule has 6 nitrogen and oxygen atoms in total. The number of anilines is 1. The minimum atomic E-state index is -0.598. The van der Waals surface area contributed by atoms with Crippen molar-refractivity contribution in [2.45, 2.75) is 23.5 Å². The Kier molecular flexibility index (Phi) is 5.67. The number of hydrogen-bond donors (Lipinski definition) is 1. The number of nitrogens with zero attached hydrogens (tertiary/aromatic N) is 2. The maximum Gasteiger partial charge on any atom is 0.356 e. The van der Waals surface area contributed by atoms with E-state index in [2.05, 4.69) is 17.1 Å². The zero-order chi connectivity index (χ0) is 20.2. The quantitative estimate of drug-likeness (QED) is 0.658. The molecular formula is C22H21N3O3S. The van der Waals surface area contributed by atoms with Crippen LogP contribution < -0.4 is 4.90 Å². The van der Waals surface area contributed by atoms with E-state index in [1.54, 1.807) is 22.7 Å². The highest BCUT2D eigenvalue weighted by Gasteiger charge is 2.25. The van der Waals surface area contributed by atoms with E-state index in [0.717, 1.165) is 22.6 Å². The number of nitrogens with one attached hydrogen (secondary N) is 1. The number of H-pyrrole nitrogens is 1. The molecule has 0 radical (unpaired) electrons. The van der Waals surface area contributed by atoms with Gasteiger partial charge in [-0.25, -0.2) is 4.79 Å². The van der Waals surface area contributed by atoms with E-state index >= 15 is 0 Å². The molecule has 148 valence electrons. The monoisotopic (exact) mass is 407 g/mol. The predicted molar refractivity (Wildman–Crippen MR) is 113 cm³/mol. The highest BCUT2D eigenvalue weighted by Crippen LogP contribution is 2.37. The summed E-state index contributed by atoms with van der Waals surface area (Å²) in [6.45, 7) is 2.44. The maximum atomic E-state index is 12.8. The van der Waals surface area contributed by atoms with Gasteiger partial charge in [0, 0.05) is 22.3 Å². The van der Waals surface area contributed by atoms with E-state index in [4.69, 9.17) is 4.74 Å². The topological polar surface area (TPSA) is 75.3 Å². The Balaban J connectivity index is 1.42. The van der Waals surface area contributed by atoms with Gasteiger partial charge in [0.1, 0.15) is 5.69 Å². The summed E-state index contributed by atoms with van der Waals surface area (Å²) in [6, 6.07) is 19.0. The highest BCUT2D eigenvalue weighted by molar-refractivity contribution is 8.00. The molecule has 29 heavy (non-hydrogen) atoms. The molecule has 0 bridgehead atoms. The second-order valence-electron chi connectivity index (χ2n) is 6.84. The van der Waals surface area contributed by atoms with Crippen molar-refractivity contribution in [2.24, 2.45) is 0 Å². The summed E-state index contributed by atoms with van der Waals surface area (Å²) < 4.78 is 5.27. The third-order valence-corrected chi connectivity index (χ3v) is 5.98. The van der Waals surface area contributed by atoms with Gasteiger partial charge in [-0.1, -0.05) is 49.4 Å². The first-order valence-electron chi connectivity index (χ1n) is 9.46. The number of esters is 1. The average molecular weight is 407 g/mol. The molecule has 0 saturated heterocycles. The zero-order valence-electron chi connectivity index (χ0n) is 16.0. The van der Waals surface area contributed by atoms with Crippen LogP contribution in [0.15, 0.2) is 65.6 Å². The largest absolute Gasteiger partial charge is 0.451 e. The smallest absolute Gasteiger partial charge is 0.356 e. The van der Waals surface area contributed by atoms with Gasteiger partial charge < -0.3 is 9.64 Å². The van der Waals surface area contributed by atoms with E-state index in [9.17, 15) is 9.59 Å². The van der Waals surface area contributed by atoms with Crippen LogP contribution in [0.4, 0.5) is 5.69 Å². The Morgan fingerprint density at radius 1 is 1.17 bits per heavy atom. The van der Waals surface area contributed by atoms with Crippen molar-refractivity contribution in [3.05, 3.63) is 66.4 Å². The number of carbonyl (C=O) groups is 2. The Morgan fingerprint density at radius 3 is 2.76 bits per heavy atom. The van der Waals surface area contributed by atoms with Gasteiger partial charge in [0.05, 0.1) is 11.4 Å². The number of hydrogen-bond acceptors (Lipinski definition) is 5. The molecule has 7 heteroatoms. The van der Waals surface area contributed by atoms with E-state index in [-0.39, 0.29) is 18.2 Å². The van der Waals surface area contributed by atoms with Crippen molar-refractivity contribution in [3.8, 4) is 11.3 Å². The number of fused-ring (bicyclic) bond motifs is 1. The molecule has 0 saturated carbocycles. The van der Waals surface area contributed by atoms with E-state index in [1.807, 2.05) is 54.6 Å². The van der Waals surface area contributed by atoms with Crippen molar-refractivity contribution >= 4 is 29.3 Å². The van der Waals surface area contributed by atoms with Crippen molar-refractivity contribution in [2.75, 3.05) is 18.1 Å². The number of para-hydroxylation sites is 1. The summed E-state index contributed by atoms with van der Waals surface area (Å²) in [6.07, 6.45) is 0.875. The lowest BCUT2D eigenvalue weighted by atomic mass is 10.1. The van der Waals surface area contributed by atoms with Gasteiger partial charge in [-0.3, -0.25) is 9.89 Å². The number of benzene rings is 2. The maximum absolute atomic E-state index is 12.8. The van der Waals surface area contributed by atoms with Gasteiger partial charge in [0.2, 0.25) is 0 Å². The van der Waals surface area contributed by atoms with Crippen LogP contribution in [-0.4, -0.2) is 40.5 Å².